The van der Waals surface area contributed by atoms with Crippen LogP contribution in [-0.4, -0.2) is 34.8 Å². The molecule has 1 unspecified atom stereocenters. The van der Waals surface area contributed by atoms with Crippen LogP contribution in [0.15, 0.2) is 4.99 Å². The molecule has 1 aliphatic heterocycles. The van der Waals surface area contributed by atoms with Crippen molar-refractivity contribution < 1.29 is 13.2 Å². The molecule has 0 aliphatic carbocycles. The minimum atomic E-state index is -4.15. The Morgan fingerprint density at radius 2 is 2.24 bits per heavy atom. The standard InChI is InChI=1S/C10H17F3N2S2/c1-7(2)8-3-5-16-9(15-8)14-4-6-17-10(11,12)13/h7-8H,3-6H2,1-2H3,(H,14,15). The minimum Gasteiger partial charge on any atom is -0.362 e. The number of rotatable bonds is 4. The Labute approximate surface area is 108 Å². The van der Waals surface area contributed by atoms with Crippen LogP contribution < -0.4 is 5.32 Å². The van der Waals surface area contributed by atoms with Crippen LogP contribution in [-0.2, 0) is 0 Å². The number of amidine groups is 1. The number of nitrogens with zero attached hydrogens (tertiary/aromatic N) is 1. The maximum Gasteiger partial charge on any atom is 0.441 e. The summed E-state index contributed by atoms with van der Waals surface area (Å²) < 4.78 is 35.6. The third-order valence-corrected chi connectivity index (χ3v) is 4.07. The van der Waals surface area contributed by atoms with E-state index in [1.807, 2.05) is 0 Å². The van der Waals surface area contributed by atoms with Crippen molar-refractivity contribution in [3.63, 3.8) is 0 Å². The average molecular weight is 286 g/mol. The second-order valence-electron chi connectivity index (χ2n) is 4.11. The molecule has 1 fully saturated rings. The van der Waals surface area contributed by atoms with Gasteiger partial charge in [0.15, 0.2) is 5.17 Å². The van der Waals surface area contributed by atoms with E-state index in [1.165, 1.54) is 0 Å². The summed E-state index contributed by atoms with van der Waals surface area (Å²) in [5, 5.41) is 4.06. The molecular weight excluding hydrogens is 269 g/mol. The molecule has 1 rings (SSSR count). The van der Waals surface area contributed by atoms with Gasteiger partial charge < -0.3 is 5.32 Å². The first kappa shape index (κ1) is 15.0. The Bertz CT molecular complexity index is 267. The SMILES string of the molecule is CC(C)C1CCSC(=NCCSC(F)(F)F)N1. The molecule has 0 aromatic carbocycles. The Morgan fingerprint density at radius 3 is 2.82 bits per heavy atom. The molecule has 7 heteroatoms. The van der Waals surface area contributed by atoms with Gasteiger partial charge in [-0.1, -0.05) is 25.6 Å². The average Bonchev–Trinajstić information content (AvgIpc) is 2.23. The summed E-state index contributed by atoms with van der Waals surface area (Å²) in [6, 6.07) is 0.394. The first-order valence-electron chi connectivity index (χ1n) is 5.53. The van der Waals surface area contributed by atoms with Crippen molar-refractivity contribution in [2.75, 3.05) is 18.1 Å². The highest BCUT2D eigenvalue weighted by Crippen LogP contribution is 2.29. The third kappa shape index (κ3) is 6.45. The highest BCUT2D eigenvalue weighted by Gasteiger charge is 2.27. The van der Waals surface area contributed by atoms with Crippen LogP contribution in [0, 0.1) is 5.92 Å². The van der Waals surface area contributed by atoms with Gasteiger partial charge in [0.1, 0.15) is 0 Å². The molecule has 1 heterocycles. The molecule has 100 valence electrons. The molecule has 0 aromatic heterocycles. The topological polar surface area (TPSA) is 24.4 Å². The van der Waals surface area contributed by atoms with Gasteiger partial charge in [0.2, 0.25) is 0 Å². The lowest BCUT2D eigenvalue weighted by Gasteiger charge is -2.28. The van der Waals surface area contributed by atoms with Gasteiger partial charge in [0.25, 0.3) is 0 Å². The zero-order chi connectivity index (χ0) is 12.9. The number of alkyl halides is 3. The number of hydrogen-bond donors (Lipinski definition) is 1. The molecule has 0 amide bonds. The molecule has 0 bridgehead atoms. The first-order chi connectivity index (χ1) is 7.88. The van der Waals surface area contributed by atoms with E-state index in [9.17, 15) is 13.2 Å². The van der Waals surface area contributed by atoms with Gasteiger partial charge in [-0.05, 0) is 24.1 Å². The summed E-state index contributed by atoms with van der Waals surface area (Å²) >= 11 is 1.58. The normalized spacial score (nSPS) is 24.1. The van der Waals surface area contributed by atoms with Gasteiger partial charge in [-0.25, -0.2) is 0 Å². The van der Waals surface area contributed by atoms with Crippen LogP contribution in [0.4, 0.5) is 13.2 Å². The monoisotopic (exact) mass is 286 g/mol. The minimum absolute atomic E-state index is 0.0123. The van der Waals surface area contributed by atoms with Crippen molar-refractivity contribution in [3.05, 3.63) is 0 Å². The van der Waals surface area contributed by atoms with Crippen molar-refractivity contribution in [2.24, 2.45) is 10.9 Å². The van der Waals surface area contributed by atoms with Crippen LogP contribution in [0.5, 0.6) is 0 Å². The largest absolute Gasteiger partial charge is 0.441 e. The molecule has 0 saturated carbocycles. The second kappa shape index (κ2) is 6.78. The summed E-state index contributed by atoms with van der Waals surface area (Å²) in [5.41, 5.74) is -4.15. The van der Waals surface area contributed by atoms with Crippen LogP contribution in [0.1, 0.15) is 20.3 Å². The van der Waals surface area contributed by atoms with Crippen LogP contribution in [0.3, 0.4) is 0 Å². The summed E-state index contributed by atoms with van der Waals surface area (Å²) in [7, 11) is 0. The van der Waals surface area contributed by atoms with Crippen molar-refractivity contribution >= 4 is 28.7 Å². The van der Waals surface area contributed by atoms with Gasteiger partial charge in [0, 0.05) is 17.5 Å². The van der Waals surface area contributed by atoms with Gasteiger partial charge >= 0.3 is 5.51 Å². The molecule has 17 heavy (non-hydrogen) atoms. The summed E-state index contributed by atoms with van der Waals surface area (Å²) in [6.45, 7) is 4.47. The lowest BCUT2D eigenvalue weighted by atomic mass is 10.0. The Kier molecular flexibility index (Phi) is 5.99. The highest BCUT2D eigenvalue weighted by molar-refractivity contribution is 8.13. The van der Waals surface area contributed by atoms with Crippen molar-refractivity contribution in [3.8, 4) is 0 Å². The number of hydrogen-bond acceptors (Lipinski definition) is 3. The number of nitrogens with one attached hydrogen (secondary N) is 1. The molecule has 1 saturated heterocycles. The predicted octanol–water partition coefficient (Wildman–Crippen LogP) is 3.35. The molecule has 1 N–H and O–H groups in total. The maximum atomic E-state index is 11.9. The zero-order valence-electron chi connectivity index (χ0n) is 9.88. The van der Waals surface area contributed by atoms with Gasteiger partial charge in [-0.15, -0.1) is 0 Å². The highest BCUT2D eigenvalue weighted by atomic mass is 32.2. The van der Waals surface area contributed by atoms with Crippen molar-refractivity contribution in [2.45, 2.75) is 31.8 Å². The van der Waals surface area contributed by atoms with E-state index in [1.54, 1.807) is 11.8 Å². The molecule has 1 atom stereocenters. The fraction of sp³-hybridized carbons (Fsp3) is 0.900. The predicted molar refractivity (Wildman–Crippen MR) is 69.7 cm³/mol. The Balaban J connectivity index is 2.29. The van der Waals surface area contributed by atoms with Crippen molar-refractivity contribution in [1.82, 2.24) is 5.32 Å². The lowest BCUT2D eigenvalue weighted by molar-refractivity contribution is -0.0327. The molecule has 0 spiro atoms. The van der Waals surface area contributed by atoms with E-state index >= 15 is 0 Å². The maximum absolute atomic E-state index is 11.9. The van der Waals surface area contributed by atoms with Crippen LogP contribution in [0.25, 0.3) is 0 Å². The van der Waals surface area contributed by atoms with E-state index in [4.69, 9.17) is 0 Å². The molecule has 0 radical (unpaired) electrons. The fourth-order valence-electron chi connectivity index (χ4n) is 1.45. The number of aliphatic imine (C=N–C) groups is 1. The first-order valence-corrected chi connectivity index (χ1v) is 7.50. The van der Waals surface area contributed by atoms with Crippen LogP contribution in [0.2, 0.25) is 0 Å². The fourth-order valence-corrected chi connectivity index (χ4v) is 2.85. The zero-order valence-corrected chi connectivity index (χ0v) is 11.5. The molecule has 0 aromatic rings. The van der Waals surface area contributed by atoms with Crippen molar-refractivity contribution in [1.29, 1.82) is 0 Å². The van der Waals surface area contributed by atoms with Gasteiger partial charge in [0.05, 0.1) is 6.54 Å². The smallest absolute Gasteiger partial charge is 0.362 e. The molecule has 1 aliphatic rings. The summed E-state index contributed by atoms with van der Waals surface area (Å²) in [5.74, 6) is 1.49. The lowest BCUT2D eigenvalue weighted by Crippen LogP contribution is -2.41. The Morgan fingerprint density at radius 1 is 1.53 bits per heavy atom. The number of halogens is 3. The van der Waals surface area contributed by atoms with Gasteiger partial charge in [-0.2, -0.15) is 13.2 Å². The van der Waals surface area contributed by atoms with Crippen LogP contribution >= 0.6 is 23.5 Å². The molecule has 2 nitrogen and oxygen atoms in total. The van der Waals surface area contributed by atoms with E-state index < -0.39 is 5.51 Å². The Hall–Kier alpha value is -0.0400. The second-order valence-corrected chi connectivity index (χ2v) is 6.36. The molecular formula is C10H17F3N2S2. The quantitative estimate of drug-likeness (QED) is 0.802. The third-order valence-electron chi connectivity index (χ3n) is 2.39. The summed E-state index contributed by atoms with van der Waals surface area (Å²) in [6.07, 6.45) is 1.08. The van der Waals surface area contributed by atoms with E-state index in [-0.39, 0.29) is 24.1 Å². The van der Waals surface area contributed by atoms with E-state index in [0.29, 0.717) is 12.0 Å². The summed E-state index contributed by atoms with van der Waals surface area (Å²) in [4.78, 5) is 4.17. The van der Waals surface area contributed by atoms with E-state index in [0.717, 1.165) is 17.3 Å². The number of thioether (sulfide) groups is 2. The van der Waals surface area contributed by atoms with E-state index in [2.05, 4.69) is 24.2 Å². The van der Waals surface area contributed by atoms with Gasteiger partial charge in [-0.3, -0.25) is 4.99 Å².